The molecule has 1 aliphatic rings. The maximum absolute atomic E-state index is 12.3. The third-order valence-corrected chi connectivity index (χ3v) is 3.56. The summed E-state index contributed by atoms with van der Waals surface area (Å²) in [4.78, 5) is 25.9. The highest BCUT2D eigenvalue weighted by Gasteiger charge is 2.34. The van der Waals surface area contributed by atoms with Gasteiger partial charge < -0.3 is 0 Å². The molecule has 0 bridgehead atoms. The van der Waals surface area contributed by atoms with E-state index < -0.39 is 0 Å². The first-order valence-electron chi connectivity index (χ1n) is 6.87. The predicted molar refractivity (Wildman–Crippen MR) is 81.8 cm³/mol. The molecule has 3 rings (SSSR count). The molecule has 3 heteroatoms. The SMILES string of the molecule is C/C=C/c1ccc(CN2C(=O)c3ccccc3C2=O)cc1. The van der Waals surface area contributed by atoms with Gasteiger partial charge in [-0.3, -0.25) is 14.5 Å². The Morgan fingerprint density at radius 2 is 1.48 bits per heavy atom. The zero-order valence-electron chi connectivity index (χ0n) is 11.7. The smallest absolute Gasteiger partial charge is 0.261 e. The Labute approximate surface area is 123 Å². The lowest BCUT2D eigenvalue weighted by Gasteiger charge is -2.13. The van der Waals surface area contributed by atoms with E-state index in [0.29, 0.717) is 17.7 Å². The number of benzene rings is 2. The zero-order valence-corrected chi connectivity index (χ0v) is 11.7. The van der Waals surface area contributed by atoms with Crippen molar-refractivity contribution in [2.24, 2.45) is 0 Å². The summed E-state index contributed by atoms with van der Waals surface area (Å²) in [5.41, 5.74) is 3.03. The zero-order chi connectivity index (χ0) is 14.8. The highest BCUT2D eigenvalue weighted by atomic mass is 16.2. The first-order chi connectivity index (χ1) is 10.2. The second-order valence-corrected chi connectivity index (χ2v) is 4.98. The number of nitrogens with zero attached hydrogens (tertiary/aromatic N) is 1. The van der Waals surface area contributed by atoms with Gasteiger partial charge in [0.25, 0.3) is 11.8 Å². The molecular weight excluding hydrogens is 262 g/mol. The van der Waals surface area contributed by atoms with Crippen LogP contribution >= 0.6 is 0 Å². The van der Waals surface area contributed by atoms with E-state index in [-0.39, 0.29) is 11.8 Å². The lowest BCUT2D eigenvalue weighted by atomic mass is 10.1. The monoisotopic (exact) mass is 277 g/mol. The molecule has 2 aromatic rings. The molecule has 2 amide bonds. The normalized spacial score (nSPS) is 14.0. The Balaban J connectivity index is 1.83. The summed E-state index contributed by atoms with van der Waals surface area (Å²) in [7, 11) is 0. The van der Waals surface area contributed by atoms with Crippen LogP contribution in [0.15, 0.2) is 54.6 Å². The average molecular weight is 277 g/mol. The van der Waals surface area contributed by atoms with Crippen molar-refractivity contribution < 1.29 is 9.59 Å². The molecule has 0 N–H and O–H groups in total. The van der Waals surface area contributed by atoms with Gasteiger partial charge in [-0.05, 0) is 30.2 Å². The number of imide groups is 1. The number of allylic oxidation sites excluding steroid dienone is 1. The van der Waals surface area contributed by atoms with Gasteiger partial charge in [0.2, 0.25) is 0 Å². The van der Waals surface area contributed by atoms with Crippen molar-refractivity contribution in [3.05, 3.63) is 76.9 Å². The predicted octanol–water partition coefficient (Wildman–Crippen LogP) is 3.52. The largest absolute Gasteiger partial charge is 0.270 e. The molecule has 2 aromatic carbocycles. The highest BCUT2D eigenvalue weighted by molar-refractivity contribution is 6.21. The van der Waals surface area contributed by atoms with E-state index in [9.17, 15) is 9.59 Å². The standard InChI is InChI=1S/C18H15NO2/c1-2-5-13-8-10-14(11-9-13)12-19-17(20)15-6-3-4-7-16(15)18(19)21/h2-11H,12H2,1H3/b5-2+. The molecule has 0 aromatic heterocycles. The fraction of sp³-hybridized carbons (Fsp3) is 0.111. The van der Waals surface area contributed by atoms with Crippen molar-refractivity contribution in [2.45, 2.75) is 13.5 Å². The van der Waals surface area contributed by atoms with Crippen LogP contribution in [0.5, 0.6) is 0 Å². The maximum Gasteiger partial charge on any atom is 0.261 e. The molecule has 3 nitrogen and oxygen atoms in total. The Morgan fingerprint density at radius 1 is 0.905 bits per heavy atom. The van der Waals surface area contributed by atoms with Gasteiger partial charge in [-0.1, -0.05) is 48.6 Å². The Bertz CT molecular complexity index is 694. The fourth-order valence-electron chi connectivity index (χ4n) is 2.49. The summed E-state index contributed by atoms with van der Waals surface area (Å²) < 4.78 is 0. The quantitative estimate of drug-likeness (QED) is 0.805. The molecule has 0 unspecified atom stereocenters. The van der Waals surface area contributed by atoms with Crippen LogP contribution in [0.3, 0.4) is 0 Å². The molecule has 0 radical (unpaired) electrons. The Hall–Kier alpha value is -2.68. The minimum absolute atomic E-state index is 0.215. The summed E-state index contributed by atoms with van der Waals surface area (Å²) in [6.07, 6.45) is 3.98. The van der Waals surface area contributed by atoms with Crippen molar-refractivity contribution in [3.63, 3.8) is 0 Å². The molecule has 104 valence electrons. The van der Waals surface area contributed by atoms with Gasteiger partial charge in [0.15, 0.2) is 0 Å². The van der Waals surface area contributed by atoms with Crippen LogP contribution in [0.25, 0.3) is 6.08 Å². The Kier molecular flexibility index (Phi) is 3.40. The van der Waals surface area contributed by atoms with E-state index in [4.69, 9.17) is 0 Å². The number of carbonyl (C=O) groups is 2. The number of hydrogen-bond donors (Lipinski definition) is 0. The van der Waals surface area contributed by atoms with Crippen molar-refractivity contribution in [3.8, 4) is 0 Å². The average Bonchev–Trinajstić information content (AvgIpc) is 2.75. The van der Waals surface area contributed by atoms with E-state index in [1.54, 1.807) is 24.3 Å². The number of hydrogen-bond acceptors (Lipinski definition) is 2. The number of rotatable bonds is 3. The summed E-state index contributed by atoms with van der Waals surface area (Å²) in [5, 5.41) is 0. The molecule has 0 aliphatic carbocycles. The highest BCUT2D eigenvalue weighted by Crippen LogP contribution is 2.24. The molecule has 0 atom stereocenters. The summed E-state index contributed by atoms with van der Waals surface area (Å²) in [5.74, 6) is -0.429. The fourth-order valence-corrected chi connectivity index (χ4v) is 2.49. The number of amides is 2. The van der Waals surface area contributed by atoms with E-state index >= 15 is 0 Å². The van der Waals surface area contributed by atoms with Gasteiger partial charge in [-0.25, -0.2) is 0 Å². The van der Waals surface area contributed by atoms with Crippen LogP contribution in [0.1, 0.15) is 38.8 Å². The van der Waals surface area contributed by atoms with Crippen LogP contribution in [0, 0.1) is 0 Å². The lowest BCUT2D eigenvalue weighted by Crippen LogP contribution is -2.29. The lowest BCUT2D eigenvalue weighted by molar-refractivity contribution is 0.0642. The molecule has 21 heavy (non-hydrogen) atoms. The van der Waals surface area contributed by atoms with Gasteiger partial charge in [0, 0.05) is 0 Å². The van der Waals surface area contributed by atoms with Crippen molar-refractivity contribution in [2.75, 3.05) is 0 Å². The van der Waals surface area contributed by atoms with E-state index in [1.807, 2.05) is 43.3 Å². The minimum atomic E-state index is -0.215. The van der Waals surface area contributed by atoms with Crippen LogP contribution in [-0.2, 0) is 6.54 Å². The number of fused-ring (bicyclic) bond motifs is 1. The van der Waals surface area contributed by atoms with Crippen LogP contribution in [0.2, 0.25) is 0 Å². The second kappa shape index (κ2) is 5.37. The van der Waals surface area contributed by atoms with Gasteiger partial charge in [0.1, 0.15) is 0 Å². The van der Waals surface area contributed by atoms with E-state index in [1.165, 1.54) is 4.90 Å². The molecule has 0 saturated carbocycles. The van der Waals surface area contributed by atoms with Gasteiger partial charge >= 0.3 is 0 Å². The minimum Gasteiger partial charge on any atom is -0.270 e. The third kappa shape index (κ3) is 2.38. The summed E-state index contributed by atoms with van der Waals surface area (Å²) >= 11 is 0. The molecular formula is C18H15NO2. The van der Waals surface area contributed by atoms with Crippen molar-refractivity contribution in [1.29, 1.82) is 0 Å². The first-order valence-corrected chi connectivity index (χ1v) is 6.87. The third-order valence-electron chi connectivity index (χ3n) is 3.56. The van der Waals surface area contributed by atoms with Crippen LogP contribution in [-0.4, -0.2) is 16.7 Å². The summed E-state index contributed by atoms with van der Waals surface area (Å²) in [6, 6.07) is 14.8. The van der Waals surface area contributed by atoms with Gasteiger partial charge in [-0.2, -0.15) is 0 Å². The van der Waals surface area contributed by atoms with Gasteiger partial charge in [0.05, 0.1) is 17.7 Å². The maximum atomic E-state index is 12.3. The topological polar surface area (TPSA) is 37.4 Å². The van der Waals surface area contributed by atoms with Gasteiger partial charge in [-0.15, -0.1) is 0 Å². The van der Waals surface area contributed by atoms with E-state index in [2.05, 4.69) is 0 Å². The molecule has 0 spiro atoms. The number of carbonyl (C=O) groups excluding carboxylic acids is 2. The second-order valence-electron chi connectivity index (χ2n) is 4.98. The summed E-state index contributed by atoms with van der Waals surface area (Å²) in [6.45, 7) is 2.27. The molecule has 1 heterocycles. The molecule has 0 fully saturated rings. The Morgan fingerprint density at radius 3 is 2.00 bits per heavy atom. The van der Waals surface area contributed by atoms with Crippen LogP contribution in [0.4, 0.5) is 0 Å². The first kappa shape index (κ1) is 13.3. The van der Waals surface area contributed by atoms with E-state index in [0.717, 1.165) is 11.1 Å². The van der Waals surface area contributed by atoms with Crippen LogP contribution < -0.4 is 0 Å². The van der Waals surface area contributed by atoms with Crippen molar-refractivity contribution in [1.82, 2.24) is 4.90 Å². The van der Waals surface area contributed by atoms with Crippen molar-refractivity contribution >= 4 is 17.9 Å². The molecule has 0 saturated heterocycles. The molecule has 1 aliphatic heterocycles.